The number of ketones is 2. The number of benzene rings is 6. The van der Waals surface area contributed by atoms with E-state index in [1.54, 1.807) is 41.1 Å². The second kappa shape index (κ2) is 25.4. The average Bonchev–Trinajstić information content (AvgIpc) is 1.75. The molecular formula is C65H45F7N10O11S2. The van der Waals surface area contributed by atoms with Crippen molar-refractivity contribution in [2.75, 3.05) is 14.3 Å². The molecule has 0 radical (unpaired) electrons. The Balaban J connectivity index is 0.000000207. The normalized spacial score (nSPS) is 11.5. The molecule has 30 heteroatoms. The van der Waals surface area contributed by atoms with Gasteiger partial charge < -0.3 is 10.7 Å². The fourth-order valence-corrected chi connectivity index (χ4v) is 13.0. The Bertz CT molecular complexity index is 5440. The second-order valence-electron chi connectivity index (χ2n) is 21.1. The predicted molar refractivity (Wildman–Crippen MR) is 333 cm³/mol. The fraction of sp³-hybridized carbons (Fsp3) is 0.0923. The zero-order valence-corrected chi connectivity index (χ0v) is 51.6. The van der Waals surface area contributed by atoms with Gasteiger partial charge in [0.15, 0.2) is 11.6 Å². The minimum absolute atomic E-state index is 0.00401. The highest BCUT2D eigenvalue weighted by atomic mass is 32.2. The zero-order valence-electron chi connectivity index (χ0n) is 49.9. The average molecular weight is 1340 g/mol. The molecule has 11 rings (SSSR count). The van der Waals surface area contributed by atoms with Gasteiger partial charge in [0.25, 0.3) is 20.0 Å². The van der Waals surface area contributed by atoms with Crippen LogP contribution in [0.4, 0.5) is 47.8 Å². The lowest BCUT2D eigenvalue weighted by Gasteiger charge is -2.23. The molecule has 0 aliphatic heterocycles. The van der Waals surface area contributed by atoms with Gasteiger partial charge in [-0.3, -0.25) is 47.4 Å². The first-order valence-electron chi connectivity index (χ1n) is 27.6. The summed E-state index contributed by atoms with van der Waals surface area (Å²) in [6.07, 6.45) is 7.39. The molecule has 0 aliphatic carbocycles. The van der Waals surface area contributed by atoms with Crippen molar-refractivity contribution >= 4 is 117 Å². The van der Waals surface area contributed by atoms with Crippen LogP contribution in [-0.2, 0) is 29.6 Å². The molecule has 0 bridgehead atoms. The van der Waals surface area contributed by atoms with Gasteiger partial charge in [-0.1, -0.05) is 18.2 Å². The minimum Gasteiger partial charge on any atom is -0.326 e. The quantitative estimate of drug-likeness (QED) is 0.0518. The van der Waals surface area contributed by atoms with Gasteiger partial charge in [-0.05, 0) is 115 Å². The third-order valence-electron chi connectivity index (χ3n) is 14.7. The monoisotopic (exact) mass is 1340 g/mol. The summed E-state index contributed by atoms with van der Waals surface area (Å²) in [4.78, 5) is 95.3. The highest BCUT2D eigenvalue weighted by Crippen LogP contribution is 2.37. The topological polar surface area (TPSA) is 292 Å². The van der Waals surface area contributed by atoms with Gasteiger partial charge in [-0.25, -0.2) is 62.2 Å². The molecule has 21 nitrogen and oxygen atoms in total. The number of carbonyl (C=O) groups excluding carboxylic acids is 7. The molecular weight excluding hydrogens is 1290 g/mol. The van der Waals surface area contributed by atoms with Crippen LogP contribution in [0.2, 0.25) is 0 Å². The van der Waals surface area contributed by atoms with Crippen LogP contribution in [-0.4, -0.2) is 93.0 Å². The summed E-state index contributed by atoms with van der Waals surface area (Å²) in [5.74, 6) is -15.4. The van der Waals surface area contributed by atoms with Crippen molar-refractivity contribution in [3.05, 3.63) is 214 Å². The van der Waals surface area contributed by atoms with Crippen molar-refractivity contribution in [1.82, 2.24) is 28.9 Å². The van der Waals surface area contributed by atoms with Gasteiger partial charge >= 0.3 is 0 Å². The molecule has 0 aliphatic rings. The Morgan fingerprint density at radius 1 is 0.547 bits per heavy atom. The summed E-state index contributed by atoms with van der Waals surface area (Å²) in [6.45, 7) is 7.26. The molecule has 5 heterocycles. The van der Waals surface area contributed by atoms with Crippen LogP contribution in [0.15, 0.2) is 150 Å². The third-order valence-corrected chi connectivity index (χ3v) is 17.8. The van der Waals surface area contributed by atoms with Crippen LogP contribution in [0.3, 0.4) is 0 Å². The molecule has 0 unspecified atom stereocenters. The number of anilines is 3. The molecule has 5 aromatic heterocycles. The van der Waals surface area contributed by atoms with Crippen LogP contribution in [0.1, 0.15) is 92.0 Å². The van der Waals surface area contributed by atoms with Crippen LogP contribution in [0, 0.1) is 53.1 Å². The maximum Gasteiger partial charge on any atom is 0.273 e. The first kappa shape index (κ1) is 66.3. The molecule has 0 spiro atoms. The Kier molecular flexibility index (Phi) is 17.7. The maximum absolute atomic E-state index is 16.3. The smallest absolute Gasteiger partial charge is 0.273 e. The van der Waals surface area contributed by atoms with Crippen LogP contribution in [0.25, 0.3) is 55.2 Å². The molecule has 482 valence electrons. The molecule has 0 atom stereocenters. The lowest BCUT2D eigenvalue weighted by Crippen LogP contribution is -2.37. The largest absolute Gasteiger partial charge is 0.326 e. The van der Waals surface area contributed by atoms with Gasteiger partial charge in [-0.2, -0.15) is 9.40 Å². The Hall–Kier alpha value is -11.7. The van der Waals surface area contributed by atoms with Crippen LogP contribution < -0.4 is 14.3 Å². The number of aryl methyl sites for hydroxylation is 1. The van der Waals surface area contributed by atoms with E-state index in [0.29, 0.717) is 92.4 Å². The lowest BCUT2D eigenvalue weighted by molar-refractivity contribution is -0.115. The zero-order chi connectivity index (χ0) is 69.0. The molecule has 11 aromatic rings. The number of rotatable bonds is 14. The number of nitrogens with zero attached hydrogens (tertiary/aromatic N) is 7. The third kappa shape index (κ3) is 12.5. The highest BCUT2D eigenvalue weighted by molar-refractivity contribution is 7.93. The van der Waals surface area contributed by atoms with Crippen LogP contribution >= 0.6 is 0 Å². The maximum atomic E-state index is 16.3. The summed E-state index contributed by atoms with van der Waals surface area (Å²) >= 11 is 0. The molecule has 0 fully saturated rings. The van der Waals surface area contributed by atoms with Crippen molar-refractivity contribution in [3.63, 3.8) is 0 Å². The number of amides is 2. The number of aromatic nitrogens is 6. The minimum atomic E-state index is -5.11. The van der Waals surface area contributed by atoms with Gasteiger partial charge in [0.2, 0.25) is 41.1 Å². The van der Waals surface area contributed by atoms with E-state index < -0.39 is 128 Å². The van der Waals surface area contributed by atoms with E-state index in [1.807, 2.05) is 0 Å². The molecule has 0 saturated heterocycles. The molecule has 95 heavy (non-hydrogen) atoms. The number of halogens is 7. The van der Waals surface area contributed by atoms with E-state index in [2.05, 4.69) is 20.4 Å². The summed E-state index contributed by atoms with van der Waals surface area (Å²) in [7, 11) is -10.0. The van der Waals surface area contributed by atoms with Crippen molar-refractivity contribution in [3.8, 4) is 22.3 Å². The Labute approximate surface area is 532 Å². The molecule has 0 saturated carbocycles. The summed E-state index contributed by atoms with van der Waals surface area (Å²) in [5, 5.41) is 15.1. The summed E-state index contributed by atoms with van der Waals surface area (Å²) < 4.78 is 162. The van der Waals surface area contributed by atoms with Gasteiger partial charge in [0, 0.05) is 104 Å². The molecule has 3 N–H and O–H groups in total. The standard InChI is InChI=1S/C34H26F3N5O6S.C31H19F4N5O5S/c1-17-5-7-26(35)30(11-17)49(47,48)42(20(4)45)29-10-8-27(36)31(32(29)37)33(46)25-16-41(19(3)44)34-24(25)13-23(15-39-34)21-6-9-28(40-18(2)43)22(12-21)14-38;1-15(41)39-14-22(21-10-18(12-36-31(21)39)17-3-8-26-19(9-17)13-37-40(26)16(2)42)30(43)28-24(34)6-7-25(29(28)35)38-46(44,45)27-11-20(32)4-5-23(27)33/h5-16,38H,1-4H3,(H,40,43);3-14,38H,1-2H3. The van der Waals surface area contributed by atoms with E-state index in [0.717, 1.165) is 46.8 Å². The van der Waals surface area contributed by atoms with E-state index in [9.17, 15) is 63.6 Å². The van der Waals surface area contributed by atoms with E-state index in [-0.39, 0.29) is 43.7 Å². The molecule has 6 aromatic carbocycles. The van der Waals surface area contributed by atoms with E-state index in [4.69, 9.17) is 5.41 Å². The SMILES string of the molecule is CC(=O)Nc1ccc(-c2cnc3c(c2)c(C(=O)c2c(F)ccc(N(C(C)=O)S(=O)(=O)c4cc(C)ccc4F)c2F)cn3C(C)=O)cc1C=N.CC(=O)n1cc(C(=O)c2c(F)ccc(NS(=O)(=O)c3cc(F)ccc3F)c2F)c2cc(-c3ccc4c(cnn4C(C)=O)c3)cnc21. The second-order valence-corrected chi connectivity index (χ2v) is 24.5. The van der Waals surface area contributed by atoms with Crippen molar-refractivity contribution in [1.29, 1.82) is 5.41 Å². The summed E-state index contributed by atoms with van der Waals surface area (Å²) in [5.41, 5.74) is -1.72. The van der Waals surface area contributed by atoms with Crippen molar-refractivity contribution < 1.29 is 81.1 Å². The van der Waals surface area contributed by atoms with Gasteiger partial charge in [0.05, 0.1) is 45.3 Å². The first-order chi connectivity index (χ1) is 44.8. The Morgan fingerprint density at radius 3 is 1.63 bits per heavy atom. The van der Waals surface area contributed by atoms with Gasteiger partial charge in [-0.15, -0.1) is 0 Å². The summed E-state index contributed by atoms with van der Waals surface area (Å²) in [6, 6.07) is 19.9. The number of fused-ring (bicyclic) bond motifs is 3. The Morgan fingerprint density at radius 2 is 1.07 bits per heavy atom. The number of nitrogens with one attached hydrogen (secondary N) is 3. The van der Waals surface area contributed by atoms with Gasteiger partial charge in [0.1, 0.15) is 50.2 Å². The number of hydrogen-bond acceptors (Lipinski definition) is 15. The number of carbonyl (C=O) groups is 7. The van der Waals surface area contributed by atoms with Crippen LogP contribution in [0.5, 0.6) is 0 Å². The predicted octanol–water partition coefficient (Wildman–Crippen LogP) is 12.0. The number of sulfonamides is 2. The molecule has 2 amide bonds. The van der Waals surface area contributed by atoms with E-state index >= 15 is 17.6 Å². The highest BCUT2D eigenvalue weighted by Gasteiger charge is 2.37. The van der Waals surface area contributed by atoms with E-state index in [1.165, 1.54) is 76.1 Å². The number of hydrogen-bond donors (Lipinski definition) is 3. The lowest BCUT2D eigenvalue weighted by atomic mass is 9.99. The first-order valence-corrected chi connectivity index (χ1v) is 30.6. The fourth-order valence-electron chi connectivity index (χ4n) is 10.3. The van der Waals surface area contributed by atoms with Crippen molar-refractivity contribution in [2.45, 2.75) is 51.3 Å². The number of pyridine rings is 2. The van der Waals surface area contributed by atoms with Crippen molar-refractivity contribution in [2.24, 2.45) is 0 Å².